The van der Waals surface area contributed by atoms with Crippen LogP contribution in [-0.4, -0.2) is 5.78 Å². The number of Topliss-reactive ketones (excluding diaryl/α,β-unsaturated/α-hetero) is 1. The van der Waals surface area contributed by atoms with Gasteiger partial charge in [0, 0.05) is 11.3 Å². The lowest BCUT2D eigenvalue weighted by Crippen LogP contribution is -2.04. The lowest BCUT2D eigenvalue weighted by Gasteiger charge is -2.05. The zero-order valence-corrected chi connectivity index (χ0v) is 11.9. The molecule has 0 aromatic carbocycles. The Morgan fingerprint density at radius 3 is 2.72 bits per heavy atom. The number of aryl methyl sites for hydroxylation is 2. The fourth-order valence-corrected chi connectivity index (χ4v) is 4.58. The first-order chi connectivity index (χ1) is 8.83. The maximum Gasteiger partial charge on any atom is 0.173 e. The molecular weight excluding hydrogens is 240 g/mol. The van der Waals surface area contributed by atoms with Crippen LogP contribution in [0.3, 0.4) is 0 Å². The summed E-state index contributed by atoms with van der Waals surface area (Å²) in [5.41, 5.74) is 1.48. The van der Waals surface area contributed by atoms with Gasteiger partial charge in [0.1, 0.15) is 0 Å². The van der Waals surface area contributed by atoms with Crippen molar-refractivity contribution in [3.05, 3.63) is 21.4 Å². The van der Waals surface area contributed by atoms with Gasteiger partial charge in [-0.3, -0.25) is 4.79 Å². The van der Waals surface area contributed by atoms with Crippen LogP contribution in [0.5, 0.6) is 0 Å². The second kappa shape index (κ2) is 5.56. The van der Waals surface area contributed by atoms with Crippen molar-refractivity contribution in [1.82, 2.24) is 0 Å². The van der Waals surface area contributed by atoms with Crippen LogP contribution in [0.25, 0.3) is 0 Å². The van der Waals surface area contributed by atoms with Gasteiger partial charge in [-0.15, -0.1) is 11.3 Å². The monoisotopic (exact) mass is 262 g/mol. The molecule has 1 nitrogen and oxygen atoms in total. The molecule has 2 aliphatic carbocycles. The molecule has 18 heavy (non-hydrogen) atoms. The summed E-state index contributed by atoms with van der Waals surface area (Å²) in [5.74, 6) is 1.10. The van der Waals surface area contributed by atoms with Crippen LogP contribution < -0.4 is 0 Å². The highest BCUT2D eigenvalue weighted by Crippen LogP contribution is 2.33. The Morgan fingerprint density at radius 2 is 1.89 bits per heavy atom. The Hall–Kier alpha value is -0.630. The SMILES string of the molecule is O=C(CC1CCCC1)c1cc2c(s1)CCCCC2. The van der Waals surface area contributed by atoms with E-state index in [1.807, 2.05) is 0 Å². The number of thiophene rings is 1. The molecule has 0 atom stereocenters. The molecule has 0 spiro atoms. The highest BCUT2D eigenvalue weighted by Gasteiger charge is 2.21. The summed E-state index contributed by atoms with van der Waals surface area (Å²) in [6.07, 6.45) is 12.4. The fraction of sp³-hybridized carbons (Fsp3) is 0.688. The van der Waals surface area contributed by atoms with Gasteiger partial charge in [-0.25, -0.2) is 0 Å². The van der Waals surface area contributed by atoms with Crippen molar-refractivity contribution in [1.29, 1.82) is 0 Å². The molecule has 1 aromatic heterocycles. The quantitative estimate of drug-likeness (QED) is 0.566. The standard InChI is InChI=1S/C16H22OS/c17-14(10-12-6-4-5-7-12)16-11-13-8-2-1-3-9-15(13)18-16/h11-12H,1-10H2. The van der Waals surface area contributed by atoms with Gasteiger partial charge in [-0.2, -0.15) is 0 Å². The lowest BCUT2D eigenvalue weighted by molar-refractivity contribution is 0.0966. The number of hydrogen-bond donors (Lipinski definition) is 0. The van der Waals surface area contributed by atoms with Crippen LogP contribution >= 0.6 is 11.3 Å². The molecule has 1 fully saturated rings. The van der Waals surface area contributed by atoms with Gasteiger partial charge < -0.3 is 0 Å². The molecule has 0 saturated heterocycles. The molecule has 1 heterocycles. The maximum atomic E-state index is 12.3. The van der Waals surface area contributed by atoms with Gasteiger partial charge in [0.15, 0.2) is 5.78 Å². The maximum absolute atomic E-state index is 12.3. The van der Waals surface area contributed by atoms with E-state index in [1.165, 1.54) is 68.2 Å². The van der Waals surface area contributed by atoms with Crippen molar-refractivity contribution in [3.8, 4) is 0 Å². The minimum Gasteiger partial charge on any atom is -0.293 e. The molecule has 3 rings (SSSR count). The third-order valence-corrected chi connectivity index (χ3v) is 5.75. The van der Waals surface area contributed by atoms with E-state index in [4.69, 9.17) is 0 Å². The molecule has 2 heteroatoms. The molecule has 0 aliphatic heterocycles. The Labute approximate surface area is 114 Å². The first-order valence-electron chi connectivity index (χ1n) is 7.48. The second-order valence-electron chi connectivity index (χ2n) is 5.90. The summed E-state index contributed by atoms with van der Waals surface area (Å²) in [6.45, 7) is 0. The smallest absolute Gasteiger partial charge is 0.173 e. The van der Waals surface area contributed by atoms with Crippen LogP contribution in [0.15, 0.2) is 6.07 Å². The van der Waals surface area contributed by atoms with E-state index >= 15 is 0 Å². The largest absolute Gasteiger partial charge is 0.293 e. The van der Waals surface area contributed by atoms with Crippen molar-refractivity contribution in [2.75, 3.05) is 0 Å². The second-order valence-corrected chi connectivity index (χ2v) is 7.03. The molecule has 0 N–H and O–H groups in total. The molecule has 0 unspecified atom stereocenters. The van der Waals surface area contributed by atoms with Gasteiger partial charge in [-0.05, 0) is 43.2 Å². The third-order valence-electron chi connectivity index (χ3n) is 4.47. The van der Waals surface area contributed by atoms with Gasteiger partial charge in [0.25, 0.3) is 0 Å². The van der Waals surface area contributed by atoms with Crippen LogP contribution in [0, 0.1) is 5.92 Å². The number of rotatable bonds is 3. The molecule has 0 bridgehead atoms. The number of hydrogen-bond acceptors (Lipinski definition) is 2. The fourth-order valence-electron chi connectivity index (χ4n) is 3.38. The summed E-state index contributed by atoms with van der Waals surface area (Å²) in [6, 6.07) is 2.21. The predicted molar refractivity (Wildman–Crippen MR) is 76.5 cm³/mol. The Morgan fingerprint density at radius 1 is 1.11 bits per heavy atom. The van der Waals surface area contributed by atoms with Crippen molar-refractivity contribution < 1.29 is 4.79 Å². The van der Waals surface area contributed by atoms with Gasteiger partial charge >= 0.3 is 0 Å². The highest BCUT2D eigenvalue weighted by molar-refractivity contribution is 7.14. The van der Waals surface area contributed by atoms with E-state index in [1.54, 1.807) is 11.3 Å². The first-order valence-corrected chi connectivity index (χ1v) is 8.29. The number of fused-ring (bicyclic) bond motifs is 1. The van der Waals surface area contributed by atoms with Gasteiger partial charge in [-0.1, -0.05) is 32.1 Å². The Balaban J connectivity index is 1.69. The van der Waals surface area contributed by atoms with Crippen molar-refractivity contribution in [2.45, 2.75) is 64.2 Å². The normalized spacial score (nSPS) is 20.7. The number of carbonyl (C=O) groups excluding carboxylic acids is 1. The minimum absolute atomic E-state index is 0.417. The predicted octanol–water partition coefficient (Wildman–Crippen LogP) is 4.78. The highest BCUT2D eigenvalue weighted by atomic mass is 32.1. The van der Waals surface area contributed by atoms with E-state index in [0.29, 0.717) is 11.7 Å². The average molecular weight is 262 g/mol. The summed E-state index contributed by atoms with van der Waals surface area (Å²) >= 11 is 1.79. The van der Waals surface area contributed by atoms with Crippen molar-refractivity contribution in [3.63, 3.8) is 0 Å². The molecule has 0 amide bonds. The molecular formula is C16H22OS. The zero-order valence-electron chi connectivity index (χ0n) is 11.0. The van der Waals surface area contributed by atoms with Gasteiger partial charge in [0.2, 0.25) is 0 Å². The van der Waals surface area contributed by atoms with Crippen LogP contribution in [0.2, 0.25) is 0 Å². The zero-order chi connectivity index (χ0) is 12.4. The molecule has 98 valence electrons. The van der Waals surface area contributed by atoms with Crippen molar-refractivity contribution >= 4 is 17.1 Å². The van der Waals surface area contributed by atoms with Gasteiger partial charge in [0.05, 0.1) is 4.88 Å². The minimum atomic E-state index is 0.417. The average Bonchev–Trinajstić information content (AvgIpc) is 2.95. The van der Waals surface area contributed by atoms with E-state index < -0.39 is 0 Å². The first kappa shape index (κ1) is 12.4. The number of carbonyl (C=O) groups is 1. The summed E-state index contributed by atoms with van der Waals surface area (Å²) in [7, 11) is 0. The van der Waals surface area contributed by atoms with E-state index in [0.717, 1.165) is 11.3 Å². The molecule has 0 radical (unpaired) electrons. The Kier molecular flexibility index (Phi) is 3.83. The van der Waals surface area contributed by atoms with E-state index in [2.05, 4.69) is 6.07 Å². The number of ketones is 1. The summed E-state index contributed by atoms with van der Waals surface area (Å²) < 4.78 is 0. The topological polar surface area (TPSA) is 17.1 Å². The molecule has 1 saturated carbocycles. The van der Waals surface area contributed by atoms with Crippen molar-refractivity contribution in [2.24, 2.45) is 5.92 Å². The van der Waals surface area contributed by atoms with Crippen LogP contribution in [0.1, 0.15) is 71.5 Å². The van der Waals surface area contributed by atoms with E-state index in [9.17, 15) is 4.79 Å². The van der Waals surface area contributed by atoms with E-state index in [-0.39, 0.29) is 0 Å². The van der Waals surface area contributed by atoms with Crippen LogP contribution in [0.4, 0.5) is 0 Å². The lowest BCUT2D eigenvalue weighted by atomic mass is 10.00. The summed E-state index contributed by atoms with van der Waals surface area (Å²) in [5, 5.41) is 0. The molecule has 2 aliphatic rings. The van der Waals surface area contributed by atoms with Crippen LogP contribution in [-0.2, 0) is 12.8 Å². The third kappa shape index (κ3) is 2.69. The molecule has 1 aromatic rings. The summed E-state index contributed by atoms with van der Waals surface area (Å²) in [4.78, 5) is 14.9. The Bertz CT molecular complexity index is 403.